The van der Waals surface area contributed by atoms with Crippen molar-refractivity contribution in [1.29, 1.82) is 0 Å². The summed E-state index contributed by atoms with van der Waals surface area (Å²) in [6.07, 6.45) is 2.54. The van der Waals surface area contributed by atoms with E-state index in [1.807, 2.05) is 6.07 Å². The Morgan fingerprint density at radius 3 is 2.54 bits per heavy atom. The minimum Gasteiger partial charge on any atom is -0.334 e. The molecule has 2 aromatic rings. The van der Waals surface area contributed by atoms with Gasteiger partial charge in [0, 0.05) is 31.9 Å². The summed E-state index contributed by atoms with van der Waals surface area (Å²) < 4.78 is 13.6. The van der Waals surface area contributed by atoms with Crippen LogP contribution in [-0.4, -0.2) is 35.0 Å². The number of benzene rings is 1. The number of hydrogen-bond acceptors (Lipinski definition) is 3. The number of amides is 2. The Balaban J connectivity index is 1.56. The third-order valence-corrected chi connectivity index (χ3v) is 4.89. The number of piperidine rings is 1. The first kappa shape index (κ1) is 18.3. The standard InChI is InChI=1S/C20H25FN4O/c1-14-11-25(13-16-6-4-3-5-7-16)12-15(2)19(14)24-20(26)23-18-8-9-22-10-17(18)21/h3-10,14-15,19H,11-13H2,1-2H3,(H2,22,23,24,26). The molecule has 5 nitrogen and oxygen atoms in total. The molecule has 2 heterocycles. The molecule has 3 rings (SSSR count). The number of likely N-dealkylation sites (tertiary alicyclic amines) is 1. The molecule has 2 unspecified atom stereocenters. The maximum atomic E-state index is 13.6. The SMILES string of the molecule is CC1CN(Cc2ccccc2)CC(C)C1NC(=O)Nc1ccncc1F. The molecule has 0 bridgehead atoms. The van der Waals surface area contributed by atoms with E-state index in [1.54, 1.807) is 0 Å². The predicted octanol–water partition coefficient (Wildman–Crippen LogP) is 3.50. The molecule has 0 radical (unpaired) electrons. The van der Waals surface area contributed by atoms with E-state index in [1.165, 1.54) is 17.8 Å². The third-order valence-electron chi connectivity index (χ3n) is 4.89. The van der Waals surface area contributed by atoms with Gasteiger partial charge in [-0.15, -0.1) is 0 Å². The van der Waals surface area contributed by atoms with Gasteiger partial charge in [-0.05, 0) is 23.5 Å². The summed E-state index contributed by atoms with van der Waals surface area (Å²) in [7, 11) is 0. The first-order valence-electron chi connectivity index (χ1n) is 8.96. The minimum absolute atomic E-state index is 0.0481. The van der Waals surface area contributed by atoms with Crippen molar-refractivity contribution in [3.05, 3.63) is 60.2 Å². The number of nitrogens with zero attached hydrogens (tertiary/aromatic N) is 2. The number of rotatable bonds is 4. The molecular weight excluding hydrogens is 331 g/mol. The molecular formula is C20H25FN4O. The quantitative estimate of drug-likeness (QED) is 0.882. The van der Waals surface area contributed by atoms with Gasteiger partial charge >= 0.3 is 6.03 Å². The van der Waals surface area contributed by atoms with Gasteiger partial charge in [0.1, 0.15) is 0 Å². The van der Waals surface area contributed by atoms with E-state index in [2.05, 4.69) is 58.6 Å². The number of hydrogen-bond donors (Lipinski definition) is 2. The molecule has 26 heavy (non-hydrogen) atoms. The maximum Gasteiger partial charge on any atom is 0.319 e. The van der Waals surface area contributed by atoms with Crippen LogP contribution in [0.3, 0.4) is 0 Å². The van der Waals surface area contributed by atoms with Crippen molar-refractivity contribution >= 4 is 11.7 Å². The first-order valence-corrected chi connectivity index (χ1v) is 8.96. The molecule has 0 saturated carbocycles. The Labute approximate surface area is 153 Å². The zero-order chi connectivity index (χ0) is 18.5. The lowest BCUT2D eigenvalue weighted by molar-refractivity contribution is 0.0994. The fraction of sp³-hybridized carbons (Fsp3) is 0.400. The topological polar surface area (TPSA) is 57.3 Å². The molecule has 1 aliphatic rings. The van der Waals surface area contributed by atoms with Gasteiger partial charge in [0.2, 0.25) is 0 Å². The van der Waals surface area contributed by atoms with E-state index in [0.717, 1.165) is 25.8 Å². The van der Waals surface area contributed by atoms with Crippen LogP contribution in [0.25, 0.3) is 0 Å². The van der Waals surface area contributed by atoms with Gasteiger partial charge in [0.05, 0.1) is 11.9 Å². The van der Waals surface area contributed by atoms with Crippen LogP contribution in [0.15, 0.2) is 48.8 Å². The lowest BCUT2D eigenvalue weighted by atomic mass is 9.85. The number of nitrogens with one attached hydrogen (secondary N) is 2. The number of carbonyl (C=O) groups is 1. The summed E-state index contributed by atoms with van der Waals surface area (Å²) in [4.78, 5) is 18.4. The highest BCUT2D eigenvalue weighted by molar-refractivity contribution is 5.89. The summed E-state index contributed by atoms with van der Waals surface area (Å²) in [5, 5.41) is 5.59. The Kier molecular flexibility index (Phi) is 5.83. The summed E-state index contributed by atoms with van der Waals surface area (Å²) in [6, 6.07) is 11.5. The van der Waals surface area contributed by atoms with Crippen LogP contribution in [0, 0.1) is 17.7 Å². The van der Waals surface area contributed by atoms with E-state index in [-0.39, 0.29) is 17.8 Å². The summed E-state index contributed by atoms with van der Waals surface area (Å²) in [5.41, 5.74) is 1.43. The van der Waals surface area contributed by atoms with Gasteiger partial charge in [-0.2, -0.15) is 0 Å². The Morgan fingerprint density at radius 2 is 1.88 bits per heavy atom. The Hall–Kier alpha value is -2.47. The van der Waals surface area contributed by atoms with E-state index >= 15 is 0 Å². The van der Waals surface area contributed by atoms with Gasteiger partial charge < -0.3 is 10.6 Å². The van der Waals surface area contributed by atoms with Gasteiger partial charge in [-0.25, -0.2) is 9.18 Å². The van der Waals surface area contributed by atoms with Crippen molar-refractivity contribution < 1.29 is 9.18 Å². The number of pyridine rings is 1. The monoisotopic (exact) mass is 356 g/mol. The van der Waals surface area contributed by atoms with E-state index in [4.69, 9.17) is 0 Å². The fourth-order valence-electron chi connectivity index (χ4n) is 3.72. The van der Waals surface area contributed by atoms with Crippen molar-refractivity contribution in [3.8, 4) is 0 Å². The van der Waals surface area contributed by atoms with Crippen molar-refractivity contribution in [2.24, 2.45) is 11.8 Å². The third kappa shape index (κ3) is 4.58. The highest BCUT2D eigenvalue weighted by atomic mass is 19.1. The molecule has 2 atom stereocenters. The Bertz CT molecular complexity index is 728. The molecule has 0 spiro atoms. The number of aromatic nitrogens is 1. The summed E-state index contributed by atoms with van der Waals surface area (Å²) in [6.45, 7) is 7.02. The number of anilines is 1. The normalized spacial score (nSPS) is 23.4. The molecule has 1 aromatic carbocycles. The average Bonchev–Trinajstić information content (AvgIpc) is 2.61. The largest absolute Gasteiger partial charge is 0.334 e. The molecule has 1 aliphatic heterocycles. The second-order valence-corrected chi connectivity index (χ2v) is 7.11. The molecule has 6 heteroatoms. The first-order chi connectivity index (χ1) is 12.5. The second kappa shape index (κ2) is 8.27. The average molecular weight is 356 g/mol. The van der Waals surface area contributed by atoms with E-state index in [9.17, 15) is 9.18 Å². The van der Waals surface area contributed by atoms with Crippen molar-refractivity contribution in [3.63, 3.8) is 0 Å². The number of urea groups is 1. The Morgan fingerprint density at radius 1 is 1.19 bits per heavy atom. The molecule has 0 aliphatic carbocycles. The van der Waals surface area contributed by atoms with Crippen LogP contribution in [0.5, 0.6) is 0 Å². The fourth-order valence-corrected chi connectivity index (χ4v) is 3.72. The lowest BCUT2D eigenvalue weighted by Crippen LogP contribution is -2.55. The highest BCUT2D eigenvalue weighted by Crippen LogP contribution is 2.24. The molecule has 1 fully saturated rings. The molecule has 2 N–H and O–H groups in total. The predicted molar refractivity (Wildman–Crippen MR) is 100 cm³/mol. The maximum absolute atomic E-state index is 13.6. The van der Waals surface area contributed by atoms with Crippen LogP contribution in [0.2, 0.25) is 0 Å². The van der Waals surface area contributed by atoms with Crippen LogP contribution >= 0.6 is 0 Å². The summed E-state index contributed by atoms with van der Waals surface area (Å²) in [5.74, 6) is 0.0624. The van der Waals surface area contributed by atoms with Crippen LogP contribution in [-0.2, 0) is 6.54 Å². The molecule has 138 valence electrons. The van der Waals surface area contributed by atoms with Crippen LogP contribution < -0.4 is 10.6 Å². The highest BCUT2D eigenvalue weighted by Gasteiger charge is 2.33. The molecule has 2 amide bonds. The smallest absolute Gasteiger partial charge is 0.319 e. The molecule has 1 aromatic heterocycles. The van der Waals surface area contributed by atoms with Crippen LogP contribution in [0.1, 0.15) is 19.4 Å². The number of halogens is 1. The summed E-state index contributed by atoms with van der Waals surface area (Å²) >= 11 is 0. The van der Waals surface area contributed by atoms with Gasteiger partial charge in [0.15, 0.2) is 5.82 Å². The zero-order valence-corrected chi connectivity index (χ0v) is 15.2. The van der Waals surface area contributed by atoms with Crippen molar-refractivity contribution in [2.45, 2.75) is 26.4 Å². The van der Waals surface area contributed by atoms with E-state index < -0.39 is 5.82 Å². The van der Waals surface area contributed by atoms with Gasteiger partial charge in [0.25, 0.3) is 0 Å². The number of carbonyl (C=O) groups excluding carboxylic acids is 1. The van der Waals surface area contributed by atoms with Crippen LogP contribution in [0.4, 0.5) is 14.9 Å². The van der Waals surface area contributed by atoms with Gasteiger partial charge in [-0.3, -0.25) is 9.88 Å². The van der Waals surface area contributed by atoms with E-state index in [0.29, 0.717) is 11.8 Å². The van der Waals surface area contributed by atoms with Crippen molar-refractivity contribution in [1.82, 2.24) is 15.2 Å². The lowest BCUT2D eigenvalue weighted by Gasteiger charge is -2.41. The zero-order valence-electron chi connectivity index (χ0n) is 15.2. The van der Waals surface area contributed by atoms with Gasteiger partial charge in [-0.1, -0.05) is 44.2 Å². The second-order valence-electron chi connectivity index (χ2n) is 7.11. The molecule has 1 saturated heterocycles. The van der Waals surface area contributed by atoms with Crippen molar-refractivity contribution in [2.75, 3.05) is 18.4 Å². The minimum atomic E-state index is -0.540.